The lowest BCUT2D eigenvalue weighted by Gasteiger charge is -2.49. The Morgan fingerprint density at radius 3 is 2.47 bits per heavy atom. The van der Waals surface area contributed by atoms with E-state index in [0.29, 0.717) is 12.5 Å². The second-order valence-electron chi connectivity index (χ2n) is 6.77. The standard InChI is InChI=1S/C13H22O4/c1-10(2)12(5)9-6-8(7-15-11(3,4)14)16-13(9,12)17-10/h8-9,14H,6-7H2,1-5H3. The zero-order valence-corrected chi connectivity index (χ0v) is 11.2. The Morgan fingerprint density at radius 2 is 2.00 bits per heavy atom. The van der Waals surface area contributed by atoms with Crippen LogP contribution in [0.1, 0.15) is 41.0 Å². The van der Waals surface area contributed by atoms with Gasteiger partial charge in [0.1, 0.15) is 0 Å². The van der Waals surface area contributed by atoms with Crippen LogP contribution in [0.25, 0.3) is 0 Å². The maximum atomic E-state index is 9.51. The number of ether oxygens (including phenoxy) is 3. The Kier molecular flexibility index (Phi) is 2.01. The Labute approximate surface area is 102 Å². The Bertz CT molecular complexity index is 359. The second kappa shape index (κ2) is 2.87. The lowest BCUT2D eigenvalue weighted by atomic mass is 9.81. The maximum absolute atomic E-state index is 9.51. The van der Waals surface area contributed by atoms with E-state index in [1.165, 1.54) is 0 Å². The summed E-state index contributed by atoms with van der Waals surface area (Å²) in [6.45, 7) is 10.2. The second-order valence-corrected chi connectivity index (χ2v) is 6.77. The molecule has 4 nitrogen and oxygen atoms in total. The lowest BCUT2D eigenvalue weighted by molar-refractivity contribution is -0.352. The Balaban J connectivity index is 1.59. The van der Waals surface area contributed by atoms with E-state index in [2.05, 4.69) is 20.8 Å². The number of fused-ring (bicyclic) bond motifs is 1. The van der Waals surface area contributed by atoms with Crippen LogP contribution in [0.3, 0.4) is 0 Å². The van der Waals surface area contributed by atoms with Crippen LogP contribution in [0.4, 0.5) is 0 Å². The number of hydrogen-bond donors (Lipinski definition) is 1. The lowest BCUT2D eigenvalue weighted by Crippen LogP contribution is -2.57. The minimum Gasteiger partial charge on any atom is -0.366 e. The first-order valence-corrected chi connectivity index (χ1v) is 6.37. The summed E-state index contributed by atoms with van der Waals surface area (Å²) in [5, 5.41) is 9.51. The van der Waals surface area contributed by atoms with Gasteiger partial charge in [-0.1, -0.05) is 6.92 Å². The van der Waals surface area contributed by atoms with E-state index in [9.17, 15) is 5.11 Å². The van der Waals surface area contributed by atoms with Crippen LogP contribution in [0, 0.1) is 11.3 Å². The molecule has 0 aromatic rings. The highest BCUT2D eigenvalue weighted by molar-refractivity contribution is 5.33. The van der Waals surface area contributed by atoms with Crippen LogP contribution in [0.2, 0.25) is 0 Å². The first-order chi connectivity index (χ1) is 7.62. The van der Waals surface area contributed by atoms with Gasteiger partial charge in [-0.15, -0.1) is 0 Å². The van der Waals surface area contributed by atoms with Gasteiger partial charge < -0.3 is 19.3 Å². The van der Waals surface area contributed by atoms with Gasteiger partial charge in [0.25, 0.3) is 0 Å². The van der Waals surface area contributed by atoms with Crippen LogP contribution in [0.15, 0.2) is 0 Å². The summed E-state index contributed by atoms with van der Waals surface area (Å²) in [6.07, 6.45) is 1.02. The van der Waals surface area contributed by atoms with Gasteiger partial charge in [0.2, 0.25) is 0 Å². The minimum atomic E-state index is -1.09. The predicted octanol–water partition coefficient (Wildman–Crippen LogP) is 1.66. The number of aliphatic hydroxyl groups is 1. The fourth-order valence-electron chi connectivity index (χ4n) is 3.67. The van der Waals surface area contributed by atoms with Crippen molar-refractivity contribution in [2.75, 3.05) is 6.61 Å². The van der Waals surface area contributed by atoms with Gasteiger partial charge in [-0.05, 0) is 34.1 Å². The molecule has 3 fully saturated rings. The summed E-state index contributed by atoms with van der Waals surface area (Å²) >= 11 is 0. The highest BCUT2D eigenvalue weighted by atomic mass is 16.8. The Hall–Kier alpha value is -0.160. The molecule has 0 radical (unpaired) electrons. The number of rotatable bonds is 3. The molecule has 1 saturated carbocycles. The van der Waals surface area contributed by atoms with Gasteiger partial charge in [0, 0.05) is 5.92 Å². The summed E-state index contributed by atoms with van der Waals surface area (Å²) < 4.78 is 17.3. The molecular weight excluding hydrogens is 220 g/mol. The molecule has 4 atom stereocenters. The smallest absolute Gasteiger partial charge is 0.181 e. The van der Waals surface area contributed by atoms with Crippen LogP contribution in [-0.2, 0) is 14.2 Å². The van der Waals surface area contributed by atoms with Gasteiger partial charge in [-0.2, -0.15) is 0 Å². The molecule has 2 saturated heterocycles. The van der Waals surface area contributed by atoms with Crippen molar-refractivity contribution in [1.29, 1.82) is 0 Å². The average molecular weight is 242 g/mol. The van der Waals surface area contributed by atoms with Gasteiger partial charge in [0.05, 0.1) is 23.7 Å². The van der Waals surface area contributed by atoms with Crippen LogP contribution in [0.5, 0.6) is 0 Å². The first-order valence-electron chi connectivity index (χ1n) is 6.37. The highest BCUT2D eigenvalue weighted by Crippen LogP contribution is 2.83. The van der Waals surface area contributed by atoms with Crippen molar-refractivity contribution in [3.8, 4) is 0 Å². The Morgan fingerprint density at radius 1 is 1.35 bits per heavy atom. The zero-order chi connectivity index (χ0) is 12.7. The molecule has 0 amide bonds. The van der Waals surface area contributed by atoms with E-state index in [4.69, 9.17) is 14.2 Å². The van der Waals surface area contributed by atoms with E-state index in [1.54, 1.807) is 13.8 Å². The fourth-order valence-corrected chi connectivity index (χ4v) is 3.67. The molecule has 3 aliphatic rings. The molecular formula is C13H22O4. The van der Waals surface area contributed by atoms with E-state index in [1.807, 2.05) is 0 Å². The summed E-state index contributed by atoms with van der Waals surface area (Å²) in [5.74, 6) is -0.943. The third kappa shape index (κ3) is 1.27. The summed E-state index contributed by atoms with van der Waals surface area (Å²) in [4.78, 5) is 0. The molecule has 98 valence electrons. The quantitative estimate of drug-likeness (QED) is 0.765. The third-order valence-corrected chi connectivity index (χ3v) is 4.92. The van der Waals surface area contributed by atoms with E-state index in [0.717, 1.165) is 6.42 Å². The highest BCUT2D eigenvalue weighted by Gasteiger charge is 2.93. The molecule has 1 aliphatic carbocycles. The largest absolute Gasteiger partial charge is 0.366 e. The van der Waals surface area contributed by atoms with Gasteiger partial charge in [-0.25, -0.2) is 0 Å². The van der Waals surface area contributed by atoms with E-state index < -0.39 is 5.79 Å². The zero-order valence-electron chi connectivity index (χ0n) is 11.2. The molecule has 3 rings (SSSR count). The molecule has 1 spiro atoms. The topological polar surface area (TPSA) is 47.9 Å². The predicted molar refractivity (Wildman–Crippen MR) is 61.2 cm³/mol. The third-order valence-electron chi connectivity index (χ3n) is 4.92. The van der Waals surface area contributed by atoms with Gasteiger partial charge >= 0.3 is 0 Å². The van der Waals surface area contributed by atoms with Gasteiger partial charge in [-0.3, -0.25) is 0 Å². The van der Waals surface area contributed by atoms with Crippen molar-refractivity contribution >= 4 is 0 Å². The van der Waals surface area contributed by atoms with E-state index in [-0.39, 0.29) is 22.9 Å². The molecule has 0 bridgehead atoms. The summed E-state index contributed by atoms with van der Waals surface area (Å²) in [5.41, 5.74) is 0.102. The molecule has 0 aromatic heterocycles. The van der Waals surface area contributed by atoms with Crippen molar-refractivity contribution in [3.63, 3.8) is 0 Å². The molecule has 1 N–H and O–H groups in total. The summed E-state index contributed by atoms with van der Waals surface area (Å²) in [6, 6.07) is 0. The van der Waals surface area contributed by atoms with Crippen LogP contribution >= 0.6 is 0 Å². The molecule has 4 heteroatoms. The van der Waals surface area contributed by atoms with E-state index >= 15 is 0 Å². The maximum Gasteiger partial charge on any atom is 0.181 e. The molecule has 17 heavy (non-hydrogen) atoms. The first kappa shape index (κ1) is 11.9. The molecule has 0 aromatic carbocycles. The monoisotopic (exact) mass is 242 g/mol. The van der Waals surface area contributed by atoms with Crippen LogP contribution in [-0.4, -0.2) is 35.0 Å². The summed E-state index contributed by atoms with van der Waals surface area (Å²) in [7, 11) is 0. The minimum absolute atomic E-state index is 0.0515. The van der Waals surface area contributed by atoms with Crippen molar-refractivity contribution in [1.82, 2.24) is 0 Å². The van der Waals surface area contributed by atoms with Crippen molar-refractivity contribution < 1.29 is 19.3 Å². The van der Waals surface area contributed by atoms with Crippen LogP contribution < -0.4 is 0 Å². The molecule has 2 heterocycles. The molecule has 2 aliphatic heterocycles. The van der Waals surface area contributed by atoms with Gasteiger partial charge in [0.15, 0.2) is 11.6 Å². The SMILES string of the molecule is CC(C)(O)OCC1CC2C3(O1)OC(C)(C)C23C. The van der Waals surface area contributed by atoms with Crippen molar-refractivity contribution in [3.05, 3.63) is 0 Å². The fraction of sp³-hybridized carbons (Fsp3) is 1.00. The normalized spacial score (nSPS) is 50.5. The average Bonchev–Trinajstić information content (AvgIpc) is 2.51. The van der Waals surface area contributed by atoms with Crippen molar-refractivity contribution in [2.24, 2.45) is 11.3 Å². The molecule has 4 unspecified atom stereocenters. The van der Waals surface area contributed by atoms with Crippen molar-refractivity contribution in [2.45, 2.75) is 64.3 Å². The number of hydrogen-bond acceptors (Lipinski definition) is 4.